The Labute approximate surface area is 77.2 Å². The van der Waals surface area contributed by atoms with Crippen LogP contribution in [-0.4, -0.2) is 47.3 Å². The molecule has 2 amide bonds. The van der Waals surface area contributed by atoms with E-state index in [-0.39, 0.29) is 11.9 Å². The van der Waals surface area contributed by atoms with Gasteiger partial charge in [0, 0.05) is 13.1 Å². The predicted octanol–water partition coefficient (Wildman–Crippen LogP) is -0.368. The Morgan fingerprint density at radius 3 is 3.00 bits per heavy atom. The topological polar surface area (TPSA) is 40.4 Å². The van der Waals surface area contributed by atoms with Gasteiger partial charge in [-0.25, -0.2) is 4.79 Å². The molecule has 1 fully saturated rings. The fourth-order valence-corrected chi connectivity index (χ4v) is 1.48. The van der Waals surface area contributed by atoms with Crippen molar-refractivity contribution in [3.05, 3.63) is 6.58 Å². The maximum atomic E-state index is 11.6. The van der Waals surface area contributed by atoms with E-state index >= 15 is 0 Å². The zero-order valence-corrected chi connectivity index (χ0v) is 7.69. The minimum atomic E-state index is -0.309. The van der Waals surface area contributed by atoms with E-state index in [0.29, 0.717) is 6.54 Å². The van der Waals surface area contributed by atoms with Gasteiger partial charge >= 0.3 is 5.91 Å². The molecule has 1 aliphatic rings. The highest BCUT2D eigenvalue weighted by Crippen LogP contribution is 2.15. The predicted molar refractivity (Wildman–Crippen MR) is 47.6 cm³/mol. The second-order valence-electron chi connectivity index (χ2n) is 3.06. The van der Waals surface area contributed by atoms with Gasteiger partial charge in [-0.15, -0.1) is 4.58 Å². The Kier molecular flexibility index (Phi) is 2.98. The SMILES string of the molecule is C=C=[N+](C)C(=O)C1CCCN1C=O. The molecule has 1 atom stereocenters. The van der Waals surface area contributed by atoms with E-state index in [2.05, 4.69) is 12.4 Å². The van der Waals surface area contributed by atoms with E-state index in [4.69, 9.17) is 0 Å². The van der Waals surface area contributed by atoms with Crippen LogP contribution in [-0.2, 0) is 9.59 Å². The number of carbonyl (C=O) groups is 2. The smallest absolute Gasteiger partial charge is 0.329 e. The summed E-state index contributed by atoms with van der Waals surface area (Å²) in [5.74, 6) is 2.37. The normalized spacial score (nSPS) is 21.0. The van der Waals surface area contributed by atoms with Gasteiger partial charge < -0.3 is 4.90 Å². The van der Waals surface area contributed by atoms with Crippen LogP contribution in [0.4, 0.5) is 0 Å². The third-order valence-corrected chi connectivity index (χ3v) is 2.28. The largest absolute Gasteiger partial charge is 0.418 e. The molecule has 1 saturated heterocycles. The summed E-state index contributed by atoms with van der Waals surface area (Å²) >= 11 is 0. The first-order valence-corrected chi connectivity index (χ1v) is 4.22. The lowest BCUT2D eigenvalue weighted by atomic mass is 10.2. The van der Waals surface area contributed by atoms with Crippen molar-refractivity contribution in [2.45, 2.75) is 18.9 Å². The van der Waals surface area contributed by atoms with Crippen molar-refractivity contribution in [3.63, 3.8) is 0 Å². The summed E-state index contributed by atoms with van der Waals surface area (Å²) in [6.45, 7) is 4.05. The third-order valence-electron chi connectivity index (χ3n) is 2.28. The van der Waals surface area contributed by atoms with Gasteiger partial charge in [-0.2, -0.15) is 0 Å². The highest BCUT2D eigenvalue weighted by molar-refractivity contribution is 5.79. The maximum Gasteiger partial charge on any atom is 0.418 e. The van der Waals surface area contributed by atoms with Gasteiger partial charge in [0.25, 0.3) is 0 Å². The van der Waals surface area contributed by atoms with Crippen molar-refractivity contribution >= 4 is 18.2 Å². The van der Waals surface area contributed by atoms with Crippen LogP contribution in [0.2, 0.25) is 0 Å². The van der Waals surface area contributed by atoms with Crippen molar-refractivity contribution in [1.29, 1.82) is 0 Å². The average Bonchev–Trinajstić information content (AvgIpc) is 2.62. The van der Waals surface area contributed by atoms with Crippen LogP contribution in [0.3, 0.4) is 0 Å². The fraction of sp³-hybridized carbons (Fsp3) is 0.556. The van der Waals surface area contributed by atoms with Crippen LogP contribution in [0.15, 0.2) is 6.58 Å². The quantitative estimate of drug-likeness (QED) is 0.331. The van der Waals surface area contributed by atoms with Gasteiger partial charge in [-0.05, 0) is 12.8 Å². The summed E-state index contributed by atoms with van der Waals surface area (Å²) in [4.78, 5) is 23.6. The van der Waals surface area contributed by atoms with Crippen LogP contribution in [0, 0.1) is 0 Å². The van der Waals surface area contributed by atoms with Crippen molar-refractivity contribution in [2.75, 3.05) is 13.6 Å². The molecule has 4 nitrogen and oxygen atoms in total. The van der Waals surface area contributed by atoms with Crippen LogP contribution in [0.1, 0.15) is 12.8 Å². The molecule has 4 heteroatoms. The van der Waals surface area contributed by atoms with E-state index in [1.165, 1.54) is 9.48 Å². The molecule has 0 spiro atoms. The molecular formula is C9H13N2O2+. The molecule has 70 valence electrons. The number of amides is 2. The summed E-state index contributed by atoms with van der Waals surface area (Å²) < 4.78 is 1.30. The van der Waals surface area contributed by atoms with Crippen LogP contribution >= 0.6 is 0 Å². The number of nitrogens with zero attached hydrogens (tertiary/aromatic N) is 2. The summed E-state index contributed by atoms with van der Waals surface area (Å²) in [6.07, 6.45) is 2.36. The Bertz CT molecular complexity index is 279. The zero-order valence-electron chi connectivity index (χ0n) is 7.69. The molecule has 0 N–H and O–H groups in total. The Hall–Kier alpha value is -1.41. The number of rotatable bonds is 2. The average molecular weight is 181 g/mol. The van der Waals surface area contributed by atoms with E-state index in [9.17, 15) is 9.59 Å². The molecule has 1 unspecified atom stereocenters. The first kappa shape index (κ1) is 9.68. The second-order valence-corrected chi connectivity index (χ2v) is 3.06. The fourth-order valence-electron chi connectivity index (χ4n) is 1.48. The zero-order chi connectivity index (χ0) is 9.84. The van der Waals surface area contributed by atoms with E-state index in [0.717, 1.165) is 19.3 Å². The lowest BCUT2D eigenvalue weighted by Crippen LogP contribution is -2.39. The van der Waals surface area contributed by atoms with Crippen molar-refractivity contribution < 1.29 is 14.2 Å². The summed E-state index contributed by atoms with van der Waals surface area (Å²) in [5, 5.41) is 0. The molecule has 1 heterocycles. The molecule has 0 aromatic rings. The van der Waals surface area contributed by atoms with Gasteiger partial charge in [0.2, 0.25) is 6.41 Å². The highest BCUT2D eigenvalue weighted by atomic mass is 16.2. The lowest BCUT2D eigenvalue weighted by Gasteiger charge is -2.13. The molecule has 13 heavy (non-hydrogen) atoms. The maximum absolute atomic E-state index is 11.6. The first-order chi connectivity index (χ1) is 6.20. The van der Waals surface area contributed by atoms with Gasteiger partial charge in [0.05, 0.1) is 0 Å². The molecule has 1 aliphatic heterocycles. The molecule has 0 aromatic carbocycles. The minimum absolute atomic E-state index is 0.111. The Balaban J connectivity index is 2.76. The minimum Gasteiger partial charge on any atom is -0.329 e. The van der Waals surface area contributed by atoms with Crippen LogP contribution in [0.5, 0.6) is 0 Å². The molecule has 1 rings (SSSR count). The molecule has 0 aromatic heterocycles. The second kappa shape index (κ2) is 4.01. The highest BCUT2D eigenvalue weighted by Gasteiger charge is 2.35. The van der Waals surface area contributed by atoms with Crippen molar-refractivity contribution in [3.8, 4) is 0 Å². The number of likely N-dealkylation sites (tertiary alicyclic amines) is 1. The van der Waals surface area contributed by atoms with E-state index in [1.54, 1.807) is 7.05 Å². The molecular weight excluding hydrogens is 168 g/mol. The lowest BCUT2D eigenvalue weighted by molar-refractivity contribution is -0.415. The molecule has 0 radical (unpaired) electrons. The third kappa shape index (κ3) is 1.84. The molecule has 0 bridgehead atoms. The van der Waals surface area contributed by atoms with Gasteiger partial charge in [-0.3, -0.25) is 4.79 Å². The van der Waals surface area contributed by atoms with Crippen LogP contribution in [0.25, 0.3) is 0 Å². The number of hydrogen-bond donors (Lipinski definition) is 0. The number of carbonyl (C=O) groups excluding carboxylic acids is 2. The Morgan fingerprint density at radius 2 is 2.46 bits per heavy atom. The number of likely N-dealkylation sites (N-methyl/N-ethyl adjacent to an activating group) is 1. The van der Waals surface area contributed by atoms with Gasteiger partial charge in [0.15, 0.2) is 19.0 Å². The van der Waals surface area contributed by atoms with Crippen LogP contribution < -0.4 is 0 Å². The Morgan fingerprint density at radius 1 is 1.77 bits per heavy atom. The van der Waals surface area contributed by atoms with Crippen molar-refractivity contribution in [1.82, 2.24) is 4.90 Å². The summed E-state index contributed by atoms with van der Waals surface area (Å²) in [6, 6.07) is -0.309. The molecule has 0 saturated carbocycles. The monoisotopic (exact) mass is 181 g/mol. The molecule has 0 aliphatic carbocycles. The standard InChI is InChI=1S/C9H13N2O2/c1-3-10(2)9(13)8-5-4-6-11(8)7-12/h7-8H,1,4-6H2,2H3/q+1. The van der Waals surface area contributed by atoms with Gasteiger partial charge in [-0.1, -0.05) is 0 Å². The van der Waals surface area contributed by atoms with Crippen molar-refractivity contribution in [2.24, 2.45) is 0 Å². The first-order valence-electron chi connectivity index (χ1n) is 4.22. The van der Waals surface area contributed by atoms with E-state index < -0.39 is 0 Å². The summed E-state index contributed by atoms with van der Waals surface area (Å²) in [7, 11) is 1.59. The van der Waals surface area contributed by atoms with E-state index in [1.807, 2.05) is 0 Å². The number of hydrogen-bond acceptors (Lipinski definition) is 2. The van der Waals surface area contributed by atoms with Gasteiger partial charge in [0.1, 0.15) is 0 Å². The summed E-state index contributed by atoms with van der Waals surface area (Å²) in [5.41, 5.74) is 0.